The number of guanidine groups is 1. The topological polar surface area (TPSA) is 61.9 Å². The van der Waals surface area contributed by atoms with Crippen molar-refractivity contribution in [2.45, 2.75) is 18.4 Å². The molecule has 0 amide bonds. The third kappa shape index (κ3) is 3.65. The lowest BCUT2D eigenvalue weighted by Crippen LogP contribution is -2.43. The van der Waals surface area contributed by atoms with E-state index < -0.39 is 5.60 Å². The highest BCUT2D eigenvalue weighted by Gasteiger charge is 2.36. The average Bonchev–Trinajstić information content (AvgIpc) is 2.84. The minimum atomic E-state index is -0.842. The van der Waals surface area contributed by atoms with Gasteiger partial charge in [-0.3, -0.25) is 0 Å². The molecule has 1 heterocycles. The Morgan fingerprint density at radius 1 is 1.33 bits per heavy atom. The van der Waals surface area contributed by atoms with Crippen molar-refractivity contribution in [2.75, 3.05) is 31.1 Å². The Balaban J connectivity index is 0.00000161. The average molecular weight is 419 g/mol. The van der Waals surface area contributed by atoms with Crippen molar-refractivity contribution in [3.8, 4) is 0 Å². The number of aryl methyl sites for hydroxylation is 1. The molecule has 1 aliphatic carbocycles. The number of nitrogens with zero attached hydrogens (tertiary/aromatic N) is 2. The summed E-state index contributed by atoms with van der Waals surface area (Å²) in [5.74, 6) is 2.77. The molecule has 1 aromatic rings. The van der Waals surface area contributed by atoms with Crippen LogP contribution in [0.1, 0.15) is 17.5 Å². The molecule has 1 unspecified atom stereocenters. The summed E-state index contributed by atoms with van der Waals surface area (Å²) in [5, 5.41) is 10.8. The van der Waals surface area contributed by atoms with Gasteiger partial charge in [0, 0.05) is 24.6 Å². The number of hydrogen-bond donors (Lipinski definition) is 2. The second kappa shape index (κ2) is 7.19. The van der Waals surface area contributed by atoms with E-state index in [-0.39, 0.29) is 24.0 Å². The third-order valence-electron chi connectivity index (χ3n) is 4.16. The van der Waals surface area contributed by atoms with E-state index in [1.165, 1.54) is 5.56 Å². The van der Waals surface area contributed by atoms with Gasteiger partial charge in [-0.05, 0) is 24.0 Å². The molecule has 0 spiro atoms. The van der Waals surface area contributed by atoms with Gasteiger partial charge in [-0.1, -0.05) is 24.3 Å². The Morgan fingerprint density at radius 2 is 2.05 bits per heavy atom. The Kier molecular flexibility index (Phi) is 5.79. The number of benzene rings is 1. The molecule has 6 heteroatoms. The Morgan fingerprint density at radius 3 is 2.81 bits per heavy atom. The number of fused-ring (bicyclic) bond motifs is 1. The highest BCUT2D eigenvalue weighted by atomic mass is 127. The van der Waals surface area contributed by atoms with Crippen molar-refractivity contribution < 1.29 is 5.11 Å². The number of hydrogen-bond acceptors (Lipinski definition) is 3. The van der Waals surface area contributed by atoms with Crippen LogP contribution in [0.4, 0.5) is 0 Å². The second-order valence-electron chi connectivity index (χ2n) is 5.46. The van der Waals surface area contributed by atoms with E-state index in [4.69, 9.17) is 5.73 Å². The standard InChI is InChI=1S/C15H21N3OS.HI/c16-14(18-7-9-20-10-8-18)17-11-15(19)6-5-12-3-1-2-4-13(12)15;/h1-4,19H,5-11H2,(H2,16,17);1H. The number of aliphatic imine (C=N–C) groups is 1. The quantitative estimate of drug-likeness (QED) is 0.436. The lowest BCUT2D eigenvalue weighted by atomic mass is 9.96. The smallest absolute Gasteiger partial charge is 0.191 e. The first-order valence-corrected chi connectivity index (χ1v) is 8.28. The van der Waals surface area contributed by atoms with E-state index >= 15 is 0 Å². The summed E-state index contributed by atoms with van der Waals surface area (Å²) in [6, 6.07) is 8.09. The summed E-state index contributed by atoms with van der Waals surface area (Å²) in [6.07, 6.45) is 1.65. The second-order valence-corrected chi connectivity index (χ2v) is 6.69. The van der Waals surface area contributed by atoms with Crippen molar-refractivity contribution in [1.82, 2.24) is 4.90 Å². The van der Waals surface area contributed by atoms with Gasteiger partial charge >= 0.3 is 0 Å². The predicted octanol–water partition coefficient (Wildman–Crippen LogP) is 1.80. The van der Waals surface area contributed by atoms with Gasteiger partial charge in [-0.2, -0.15) is 11.8 Å². The maximum atomic E-state index is 10.8. The van der Waals surface area contributed by atoms with Crippen molar-refractivity contribution in [3.05, 3.63) is 35.4 Å². The van der Waals surface area contributed by atoms with Crippen LogP contribution in [0, 0.1) is 0 Å². The first-order valence-electron chi connectivity index (χ1n) is 7.12. The molecule has 0 aromatic heterocycles. The molecule has 116 valence electrons. The lowest BCUT2D eigenvalue weighted by molar-refractivity contribution is 0.0484. The summed E-state index contributed by atoms with van der Waals surface area (Å²) < 4.78 is 0. The van der Waals surface area contributed by atoms with Gasteiger partial charge in [0.2, 0.25) is 0 Å². The van der Waals surface area contributed by atoms with Crippen LogP contribution in [0.5, 0.6) is 0 Å². The van der Waals surface area contributed by atoms with Gasteiger partial charge in [-0.25, -0.2) is 4.99 Å². The SMILES string of the molecule is I.NC(=NCC1(O)CCc2ccccc21)N1CCSCC1. The van der Waals surface area contributed by atoms with Crippen LogP contribution in [0.15, 0.2) is 29.3 Å². The highest BCUT2D eigenvalue weighted by molar-refractivity contribution is 14.0. The summed E-state index contributed by atoms with van der Waals surface area (Å²) >= 11 is 1.95. The summed E-state index contributed by atoms with van der Waals surface area (Å²) in [5.41, 5.74) is 7.47. The van der Waals surface area contributed by atoms with Gasteiger partial charge < -0.3 is 15.7 Å². The van der Waals surface area contributed by atoms with Crippen molar-refractivity contribution in [3.63, 3.8) is 0 Å². The zero-order valence-corrected chi connectivity index (χ0v) is 15.1. The Hall–Kier alpha value is -0.470. The zero-order valence-electron chi connectivity index (χ0n) is 12.0. The Bertz CT molecular complexity index is 519. The fourth-order valence-corrected chi connectivity index (χ4v) is 3.84. The van der Waals surface area contributed by atoms with Crippen LogP contribution in [0.25, 0.3) is 0 Å². The van der Waals surface area contributed by atoms with Gasteiger partial charge in [0.05, 0.1) is 6.54 Å². The Labute approximate surface area is 147 Å². The molecule has 0 radical (unpaired) electrons. The number of rotatable bonds is 2. The molecule has 4 nitrogen and oxygen atoms in total. The molecule has 1 aliphatic heterocycles. The fourth-order valence-electron chi connectivity index (χ4n) is 2.94. The van der Waals surface area contributed by atoms with Crippen molar-refractivity contribution in [1.29, 1.82) is 0 Å². The molecule has 3 rings (SSSR count). The highest BCUT2D eigenvalue weighted by Crippen LogP contribution is 2.36. The van der Waals surface area contributed by atoms with Crippen LogP contribution in [-0.2, 0) is 12.0 Å². The first kappa shape index (κ1) is 16.9. The van der Waals surface area contributed by atoms with E-state index in [1.54, 1.807) is 0 Å². The molecule has 3 N–H and O–H groups in total. The molecule has 0 saturated carbocycles. The summed E-state index contributed by atoms with van der Waals surface area (Å²) in [6.45, 7) is 2.27. The normalized spacial score (nSPS) is 25.4. The van der Waals surface area contributed by atoms with Gasteiger partial charge in [0.15, 0.2) is 5.96 Å². The molecule has 1 atom stereocenters. The number of nitrogens with two attached hydrogens (primary N) is 1. The summed E-state index contributed by atoms with van der Waals surface area (Å²) in [7, 11) is 0. The van der Waals surface area contributed by atoms with E-state index in [0.29, 0.717) is 12.5 Å². The molecular weight excluding hydrogens is 397 g/mol. The minimum Gasteiger partial charge on any atom is -0.383 e. The maximum absolute atomic E-state index is 10.8. The number of thioether (sulfide) groups is 1. The minimum absolute atomic E-state index is 0. The van der Waals surface area contributed by atoms with Crippen LogP contribution in [0.3, 0.4) is 0 Å². The van der Waals surface area contributed by atoms with Crippen LogP contribution in [0.2, 0.25) is 0 Å². The van der Waals surface area contributed by atoms with Crippen LogP contribution >= 0.6 is 35.7 Å². The zero-order chi connectivity index (χ0) is 14.0. The first-order chi connectivity index (χ1) is 9.69. The predicted molar refractivity (Wildman–Crippen MR) is 99.5 cm³/mol. The summed E-state index contributed by atoms with van der Waals surface area (Å²) in [4.78, 5) is 6.57. The molecule has 1 fully saturated rings. The van der Waals surface area contributed by atoms with Gasteiger partial charge in [0.25, 0.3) is 0 Å². The number of halogens is 1. The molecule has 1 aromatic carbocycles. The molecule has 2 aliphatic rings. The molecule has 21 heavy (non-hydrogen) atoms. The fraction of sp³-hybridized carbons (Fsp3) is 0.533. The van der Waals surface area contributed by atoms with Crippen LogP contribution < -0.4 is 5.73 Å². The van der Waals surface area contributed by atoms with Crippen LogP contribution in [-0.4, -0.2) is 47.1 Å². The van der Waals surface area contributed by atoms with Gasteiger partial charge in [0.1, 0.15) is 5.60 Å². The van der Waals surface area contributed by atoms with Crippen molar-refractivity contribution >= 4 is 41.7 Å². The van der Waals surface area contributed by atoms with E-state index in [2.05, 4.69) is 16.0 Å². The number of aliphatic hydroxyl groups is 1. The van der Waals surface area contributed by atoms with Gasteiger partial charge in [-0.15, -0.1) is 24.0 Å². The maximum Gasteiger partial charge on any atom is 0.191 e. The van der Waals surface area contributed by atoms with E-state index in [9.17, 15) is 5.11 Å². The lowest BCUT2D eigenvalue weighted by Gasteiger charge is -2.28. The third-order valence-corrected chi connectivity index (χ3v) is 5.11. The monoisotopic (exact) mass is 419 g/mol. The largest absolute Gasteiger partial charge is 0.383 e. The van der Waals surface area contributed by atoms with Crippen molar-refractivity contribution in [2.24, 2.45) is 10.7 Å². The van der Waals surface area contributed by atoms with E-state index in [0.717, 1.165) is 43.0 Å². The molecular formula is C15H22IN3OS. The molecule has 0 bridgehead atoms. The van der Waals surface area contributed by atoms with E-state index in [1.807, 2.05) is 30.0 Å². The molecule has 1 saturated heterocycles.